The molecule has 12 nitrogen and oxygen atoms in total. The summed E-state index contributed by atoms with van der Waals surface area (Å²) in [5, 5.41) is 11.6. The number of likely N-dealkylation sites (tertiary alicyclic amines) is 1. The SMILES string of the molecule is Cn1ncc(C(=O)N2C[C@@H]3C[C@H]2CO3)c1C(=O)Nc1ccn2nc(N3CCOCC3)nc2c1. The second-order valence-electron chi connectivity index (χ2n) is 8.52. The van der Waals surface area contributed by atoms with Crippen LogP contribution in [0.2, 0.25) is 0 Å². The van der Waals surface area contributed by atoms with E-state index >= 15 is 0 Å². The van der Waals surface area contributed by atoms with Crippen LogP contribution in [-0.4, -0.2) is 92.7 Å². The number of nitrogens with zero attached hydrogens (tertiary/aromatic N) is 7. The molecule has 3 aromatic rings. The predicted molar refractivity (Wildman–Crippen MR) is 116 cm³/mol. The lowest BCUT2D eigenvalue weighted by atomic mass is 10.2. The number of carbonyl (C=O) groups excluding carboxylic acids is 2. The van der Waals surface area contributed by atoms with Crippen LogP contribution in [-0.2, 0) is 16.5 Å². The molecule has 0 aromatic carbocycles. The molecule has 0 saturated carbocycles. The molecule has 3 aromatic heterocycles. The molecule has 3 aliphatic rings. The van der Waals surface area contributed by atoms with E-state index in [9.17, 15) is 9.59 Å². The summed E-state index contributed by atoms with van der Waals surface area (Å²) in [6.45, 7) is 3.87. The van der Waals surface area contributed by atoms with E-state index in [1.807, 2.05) is 0 Å². The van der Waals surface area contributed by atoms with Crippen molar-refractivity contribution in [3.8, 4) is 0 Å². The number of fused-ring (bicyclic) bond motifs is 3. The number of hydrogen-bond acceptors (Lipinski definition) is 8. The van der Waals surface area contributed by atoms with Gasteiger partial charge in [0.15, 0.2) is 5.65 Å². The van der Waals surface area contributed by atoms with Gasteiger partial charge < -0.3 is 24.6 Å². The van der Waals surface area contributed by atoms with Gasteiger partial charge in [0.2, 0.25) is 5.95 Å². The first kappa shape index (κ1) is 20.1. The Bertz CT molecular complexity index is 1230. The molecule has 0 spiro atoms. The number of amides is 2. The highest BCUT2D eigenvalue weighted by Gasteiger charge is 2.42. The van der Waals surface area contributed by atoms with E-state index in [1.54, 1.807) is 34.8 Å². The molecule has 0 unspecified atom stereocenters. The standard InChI is InChI=1S/C21H24N8O4/c1-26-18(16(10-22-26)20(31)28-11-15-9-14(28)12-33-15)19(30)23-13-2-3-29-17(8-13)24-21(25-29)27-4-6-32-7-5-27/h2-3,8,10,14-15H,4-7,9,11-12H2,1H3,(H,23,30)/t14-,15-/m0/s1. The molecule has 2 atom stereocenters. The highest BCUT2D eigenvalue weighted by atomic mass is 16.5. The van der Waals surface area contributed by atoms with Crippen LogP contribution < -0.4 is 10.2 Å². The number of pyridine rings is 1. The lowest BCUT2D eigenvalue weighted by Crippen LogP contribution is -2.42. The Morgan fingerprint density at radius 2 is 2.09 bits per heavy atom. The fourth-order valence-corrected chi connectivity index (χ4v) is 4.70. The molecule has 12 heteroatoms. The lowest BCUT2D eigenvalue weighted by Gasteiger charge is -2.26. The first-order chi connectivity index (χ1) is 16.1. The molecular formula is C21H24N8O4. The van der Waals surface area contributed by atoms with Crippen molar-refractivity contribution in [3.63, 3.8) is 0 Å². The van der Waals surface area contributed by atoms with Crippen molar-refractivity contribution >= 4 is 29.1 Å². The zero-order valence-corrected chi connectivity index (χ0v) is 18.2. The van der Waals surface area contributed by atoms with Gasteiger partial charge in [0.05, 0.1) is 43.7 Å². The minimum Gasteiger partial charge on any atom is -0.378 e. The molecule has 33 heavy (non-hydrogen) atoms. The average molecular weight is 452 g/mol. The minimum atomic E-state index is -0.406. The Kier molecular flexibility index (Phi) is 4.76. The lowest BCUT2D eigenvalue weighted by molar-refractivity contribution is 0.0258. The van der Waals surface area contributed by atoms with Crippen molar-refractivity contribution in [2.24, 2.45) is 7.05 Å². The maximum atomic E-state index is 13.2. The highest BCUT2D eigenvalue weighted by molar-refractivity contribution is 6.11. The van der Waals surface area contributed by atoms with E-state index in [0.717, 1.165) is 19.5 Å². The molecule has 172 valence electrons. The first-order valence-corrected chi connectivity index (χ1v) is 11.0. The average Bonchev–Trinajstić information content (AvgIpc) is 3.62. The van der Waals surface area contributed by atoms with Gasteiger partial charge >= 0.3 is 0 Å². The Labute approximate surface area is 189 Å². The number of nitrogens with one attached hydrogen (secondary N) is 1. The maximum absolute atomic E-state index is 13.2. The fraction of sp³-hybridized carbons (Fsp3) is 0.476. The topological polar surface area (TPSA) is 119 Å². The van der Waals surface area contributed by atoms with Gasteiger partial charge in [0.25, 0.3) is 11.8 Å². The Balaban J connectivity index is 1.22. The van der Waals surface area contributed by atoms with Crippen molar-refractivity contribution in [3.05, 3.63) is 35.8 Å². The molecule has 0 radical (unpaired) electrons. The molecule has 1 N–H and O–H groups in total. The second kappa shape index (κ2) is 7.81. The van der Waals surface area contributed by atoms with Gasteiger partial charge in [-0.3, -0.25) is 14.3 Å². The van der Waals surface area contributed by atoms with E-state index < -0.39 is 5.91 Å². The zero-order valence-electron chi connectivity index (χ0n) is 18.2. The van der Waals surface area contributed by atoms with Gasteiger partial charge in [-0.2, -0.15) is 10.1 Å². The maximum Gasteiger partial charge on any atom is 0.274 e. The van der Waals surface area contributed by atoms with Gasteiger partial charge in [-0.25, -0.2) is 4.52 Å². The summed E-state index contributed by atoms with van der Waals surface area (Å²) in [7, 11) is 1.65. The van der Waals surface area contributed by atoms with Crippen LogP contribution in [0.15, 0.2) is 24.5 Å². The normalized spacial score (nSPS) is 22.3. The van der Waals surface area contributed by atoms with Crippen LogP contribution in [0.25, 0.3) is 5.65 Å². The third kappa shape index (κ3) is 3.51. The summed E-state index contributed by atoms with van der Waals surface area (Å²) in [5.41, 5.74) is 1.69. The first-order valence-electron chi connectivity index (χ1n) is 11.0. The van der Waals surface area contributed by atoms with Gasteiger partial charge in [0, 0.05) is 44.6 Å². The molecule has 2 bridgehead atoms. The molecule has 2 amide bonds. The Morgan fingerprint density at radius 3 is 2.85 bits per heavy atom. The summed E-state index contributed by atoms with van der Waals surface area (Å²) < 4.78 is 14.1. The zero-order chi connectivity index (χ0) is 22.5. The minimum absolute atomic E-state index is 0.0645. The molecule has 3 fully saturated rings. The van der Waals surface area contributed by atoms with E-state index in [4.69, 9.17) is 9.47 Å². The van der Waals surface area contributed by atoms with Crippen LogP contribution in [0.4, 0.5) is 11.6 Å². The Hall–Kier alpha value is -3.51. The summed E-state index contributed by atoms with van der Waals surface area (Å²) in [6, 6.07) is 3.57. The van der Waals surface area contributed by atoms with Crippen LogP contribution in [0.3, 0.4) is 0 Å². The van der Waals surface area contributed by atoms with Crippen molar-refractivity contribution in [1.82, 2.24) is 29.3 Å². The molecule has 6 rings (SSSR count). The third-order valence-electron chi connectivity index (χ3n) is 6.42. The number of carbonyl (C=O) groups is 2. The molecule has 6 heterocycles. The van der Waals surface area contributed by atoms with E-state index in [1.165, 1.54) is 10.9 Å². The van der Waals surface area contributed by atoms with Crippen molar-refractivity contribution in [2.75, 3.05) is 49.7 Å². The van der Waals surface area contributed by atoms with Crippen LogP contribution in [0.1, 0.15) is 27.3 Å². The predicted octanol–water partition coefficient (Wildman–Crippen LogP) is 0.165. The molecule has 3 aliphatic heterocycles. The van der Waals surface area contributed by atoms with Crippen LogP contribution in [0.5, 0.6) is 0 Å². The second-order valence-corrected chi connectivity index (χ2v) is 8.52. The summed E-state index contributed by atoms with van der Waals surface area (Å²) in [5.74, 6) is 0.0357. The number of anilines is 2. The van der Waals surface area contributed by atoms with Crippen molar-refractivity contribution < 1.29 is 19.1 Å². The van der Waals surface area contributed by atoms with E-state index in [0.29, 0.717) is 49.2 Å². The fourth-order valence-electron chi connectivity index (χ4n) is 4.70. The summed E-state index contributed by atoms with van der Waals surface area (Å²) in [4.78, 5) is 34.8. The number of aromatic nitrogens is 5. The smallest absolute Gasteiger partial charge is 0.274 e. The largest absolute Gasteiger partial charge is 0.378 e. The number of morpholine rings is 2. The Morgan fingerprint density at radius 1 is 1.24 bits per heavy atom. The molecular weight excluding hydrogens is 428 g/mol. The molecule has 0 aliphatic carbocycles. The van der Waals surface area contributed by atoms with Crippen LogP contribution >= 0.6 is 0 Å². The van der Waals surface area contributed by atoms with Crippen molar-refractivity contribution in [1.29, 1.82) is 0 Å². The molecule has 3 saturated heterocycles. The van der Waals surface area contributed by atoms with Gasteiger partial charge in [-0.05, 0) is 12.5 Å². The quantitative estimate of drug-likeness (QED) is 0.595. The number of ether oxygens (including phenoxy) is 2. The number of rotatable bonds is 4. The van der Waals surface area contributed by atoms with E-state index in [2.05, 4.69) is 25.4 Å². The monoisotopic (exact) mass is 452 g/mol. The summed E-state index contributed by atoms with van der Waals surface area (Å²) in [6.07, 6.45) is 4.14. The number of hydrogen-bond donors (Lipinski definition) is 1. The highest BCUT2D eigenvalue weighted by Crippen LogP contribution is 2.29. The third-order valence-corrected chi connectivity index (χ3v) is 6.42. The van der Waals surface area contributed by atoms with Gasteiger partial charge in [-0.1, -0.05) is 0 Å². The van der Waals surface area contributed by atoms with Crippen LogP contribution in [0, 0.1) is 0 Å². The number of aryl methyl sites for hydroxylation is 1. The summed E-state index contributed by atoms with van der Waals surface area (Å²) >= 11 is 0. The van der Waals surface area contributed by atoms with E-state index in [-0.39, 0.29) is 23.7 Å². The van der Waals surface area contributed by atoms with Gasteiger partial charge in [-0.15, -0.1) is 5.10 Å². The van der Waals surface area contributed by atoms with Gasteiger partial charge in [0.1, 0.15) is 5.69 Å². The van der Waals surface area contributed by atoms with Crippen molar-refractivity contribution in [2.45, 2.75) is 18.6 Å².